The second kappa shape index (κ2) is 12.2. The molecule has 3 rings (SSSR count). The van der Waals surface area contributed by atoms with Gasteiger partial charge in [0.25, 0.3) is 0 Å². The minimum Gasteiger partial charge on any atom is -0.464 e. The third-order valence-corrected chi connectivity index (χ3v) is 7.86. The maximum atomic E-state index is 13.8. The van der Waals surface area contributed by atoms with Crippen molar-refractivity contribution >= 4 is 27.0 Å². The van der Waals surface area contributed by atoms with Gasteiger partial charge in [0.1, 0.15) is 11.2 Å². The third kappa shape index (κ3) is 8.15. The highest BCUT2D eigenvalue weighted by atomic mass is 32.2. The zero-order chi connectivity index (χ0) is 27.2. The van der Waals surface area contributed by atoms with Gasteiger partial charge in [-0.25, -0.2) is 8.42 Å². The molecule has 0 aliphatic rings. The fourth-order valence-corrected chi connectivity index (χ4v) is 6.05. The number of ether oxygens (including phenoxy) is 2. The summed E-state index contributed by atoms with van der Waals surface area (Å²) in [6.07, 6.45) is 1.67. The molecule has 0 radical (unpaired) electrons. The second-order valence-electron chi connectivity index (χ2n) is 10.9. The van der Waals surface area contributed by atoms with Gasteiger partial charge in [-0.3, -0.25) is 4.79 Å². The minimum absolute atomic E-state index is 0.0865. The summed E-state index contributed by atoms with van der Waals surface area (Å²) < 4.78 is 46.0. The molecule has 37 heavy (non-hydrogen) atoms. The van der Waals surface area contributed by atoms with Crippen LogP contribution in [0.5, 0.6) is 0 Å². The molecule has 0 saturated heterocycles. The van der Waals surface area contributed by atoms with Gasteiger partial charge in [0, 0.05) is 31.5 Å². The monoisotopic (exact) mass is 529 g/mol. The standard InChI is InChI=1S/C29H39NO6S/c1-21(2)19-30(37(32,33)25-12-13-26-23(17-25)14-15-35-26)20-27(34-6)24(16-22-10-8-7-9-11-22)18-28(31)36-29(3,4)5/h7-15,17,21,24,27H,16,18-20H2,1-6H3/t24-,27-/m1/s1. The van der Waals surface area contributed by atoms with Crippen LogP contribution in [0, 0.1) is 11.8 Å². The van der Waals surface area contributed by atoms with E-state index in [1.54, 1.807) is 37.6 Å². The summed E-state index contributed by atoms with van der Waals surface area (Å²) >= 11 is 0. The van der Waals surface area contributed by atoms with Gasteiger partial charge in [-0.15, -0.1) is 0 Å². The summed E-state index contributed by atoms with van der Waals surface area (Å²) in [6.45, 7) is 9.88. The molecular formula is C29H39NO6S. The third-order valence-electron chi connectivity index (χ3n) is 6.03. The van der Waals surface area contributed by atoms with E-state index in [-0.39, 0.29) is 35.7 Å². The Morgan fingerprint density at radius 3 is 2.35 bits per heavy atom. The van der Waals surface area contributed by atoms with Crippen LogP contribution in [0.1, 0.15) is 46.6 Å². The molecule has 3 aromatic rings. The lowest BCUT2D eigenvalue weighted by atomic mass is 9.90. The molecule has 2 atom stereocenters. The number of carbonyl (C=O) groups is 1. The van der Waals surface area contributed by atoms with Crippen molar-refractivity contribution in [2.75, 3.05) is 20.2 Å². The van der Waals surface area contributed by atoms with E-state index < -0.39 is 21.7 Å². The Morgan fingerprint density at radius 1 is 1.03 bits per heavy atom. The number of rotatable bonds is 12. The van der Waals surface area contributed by atoms with E-state index in [0.717, 1.165) is 10.9 Å². The number of esters is 1. The van der Waals surface area contributed by atoms with Crippen LogP contribution >= 0.6 is 0 Å². The summed E-state index contributed by atoms with van der Waals surface area (Å²) in [5.41, 5.74) is 1.06. The maximum absolute atomic E-state index is 13.8. The molecular weight excluding hydrogens is 490 g/mol. The van der Waals surface area contributed by atoms with Gasteiger partial charge in [0.2, 0.25) is 10.0 Å². The van der Waals surface area contributed by atoms with E-state index in [9.17, 15) is 13.2 Å². The van der Waals surface area contributed by atoms with Crippen molar-refractivity contribution in [1.29, 1.82) is 0 Å². The lowest BCUT2D eigenvalue weighted by molar-refractivity contribution is -0.157. The van der Waals surface area contributed by atoms with Crippen LogP contribution in [0.25, 0.3) is 11.0 Å². The van der Waals surface area contributed by atoms with Crippen LogP contribution in [0.4, 0.5) is 0 Å². The second-order valence-corrected chi connectivity index (χ2v) is 12.8. The van der Waals surface area contributed by atoms with Crippen molar-refractivity contribution in [1.82, 2.24) is 4.31 Å². The van der Waals surface area contributed by atoms with Crippen LogP contribution < -0.4 is 0 Å². The Bertz CT molecular complexity index is 1260. The van der Waals surface area contributed by atoms with Gasteiger partial charge in [-0.1, -0.05) is 44.2 Å². The van der Waals surface area contributed by atoms with E-state index in [0.29, 0.717) is 18.5 Å². The van der Waals surface area contributed by atoms with Gasteiger partial charge in [0.05, 0.1) is 23.7 Å². The molecule has 2 aromatic carbocycles. The molecule has 0 saturated carbocycles. The average Bonchev–Trinajstić information content (AvgIpc) is 3.28. The fraction of sp³-hybridized carbons (Fsp3) is 0.483. The van der Waals surface area contributed by atoms with Crippen LogP contribution in [-0.4, -0.2) is 50.6 Å². The van der Waals surface area contributed by atoms with Crippen LogP contribution in [-0.2, 0) is 30.7 Å². The minimum atomic E-state index is -3.84. The predicted octanol–water partition coefficient (Wildman–Crippen LogP) is 5.69. The average molecular weight is 530 g/mol. The lowest BCUT2D eigenvalue weighted by Crippen LogP contribution is -2.44. The number of furan rings is 1. The van der Waals surface area contributed by atoms with Crippen molar-refractivity contribution in [3.05, 3.63) is 66.4 Å². The maximum Gasteiger partial charge on any atom is 0.306 e. The van der Waals surface area contributed by atoms with Crippen LogP contribution in [0.2, 0.25) is 0 Å². The van der Waals surface area contributed by atoms with Crippen LogP contribution in [0.15, 0.2) is 70.2 Å². The molecule has 0 spiro atoms. The Morgan fingerprint density at radius 2 is 1.73 bits per heavy atom. The summed E-state index contributed by atoms with van der Waals surface area (Å²) in [5, 5.41) is 0.723. The molecule has 0 bridgehead atoms. The van der Waals surface area contributed by atoms with Crippen molar-refractivity contribution < 1.29 is 27.1 Å². The molecule has 7 nitrogen and oxygen atoms in total. The number of fused-ring (bicyclic) bond motifs is 1. The smallest absolute Gasteiger partial charge is 0.306 e. The normalized spacial score (nSPS) is 14.3. The molecule has 8 heteroatoms. The van der Waals surface area contributed by atoms with Gasteiger partial charge in [-0.2, -0.15) is 4.31 Å². The van der Waals surface area contributed by atoms with E-state index >= 15 is 0 Å². The van der Waals surface area contributed by atoms with Gasteiger partial charge in [0.15, 0.2) is 0 Å². The zero-order valence-electron chi connectivity index (χ0n) is 22.6. The summed E-state index contributed by atoms with van der Waals surface area (Å²) in [5.74, 6) is -0.536. The molecule has 0 unspecified atom stereocenters. The summed E-state index contributed by atoms with van der Waals surface area (Å²) in [4.78, 5) is 13.0. The summed E-state index contributed by atoms with van der Waals surface area (Å²) in [7, 11) is -2.27. The highest BCUT2D eigenvalue weighted by Gasteiger charge is 2.33. The lowest BCUT2D eigenvalue weighted by Gasteiger charge is -2.32. The van der Waals surface area contributed by atoms with Crippen LogP contribution in [0.3, 0.4) is 0 Å². The van der Waals surface area contributed by atoms with E-state index in [1.807, 2.05) is 65.0 Å². The Labute approximate surface area is 220 Å². The first-order valence-corrected chi connectivity index (χ1v) is 14.1. The topological polar surface area (TPSA) is 86.0 Å². The van der Waals surface area contributed by atoms with Gasteiger partial charge in [-0.05, 0) is 62.9 Å². The Kier molecular flexibility index (Phi) is 9.56. The highest BCUT2D eigenvalue weighted by Crippen LogP contribution is 2.27. The highest BCUT2D eigenvalue weighted by molar-refractivity contribution is 7.89. The number of benzene rings is 2. The molecule has 0 aliphatic heterocycles. The van der Waals surface area contributed by atoms with Crippen molar-refractivity contribution in [2.45, 2.75) is 64.1 Å². The Hall–Kier alpha value is -2.68. The largest absolute Gasteiger partial charge is 0.464 e. The SMILES string of the molecule is CO[C@H](CN(CC(C)C)S(=O)(=O)c1ccc2occc2c1)[C@@H](CC(=O)OC(C)(C)C)Cc1ccccc1. The number of sulfonamides is 1. The van der Waals surface area contributed by atoms with Gasteiger partial charge < -0.3 is 13.9 Å². The van der Waals surface area contributed by atoms with E-state index in [1.165, 1.54) is 4.31 Å². The van der Waals surface area contributed by atoms with E-state index in [4.69, 9.17) is 13.9 Å². The molecule has 0 amide bonds. The van der Waals surface area contributed by atoms with Crippen molar-refractivity contribution in [3.8, 4) is 0 Å². The first-order chi connectivity index (χ1) is 17.4. The molecule has 1 aromatic heterocycles. The predicted molar refractivity (Wildman–Crippen MR) is 145 cm³/mol. The molecule has 0 N–H and O–H groups in total. The fourth-order valence-electron chi connectivity index (χ4n) is 4.40. The number of hydrogen-bond acceptors (Lipinski definition) is 6. The molecule has 0 fully saturated rings. The number of carbonyl (C=O) groups excluding carboxylic acids is 1. The van der Waals surface area contributed by atoms with Crippen molar-refractivity contribution in [2.24, 2.45) is 11.8 Å². The number of nitrogens with zero attached hydrogens (tertiary/aromatic N) is 1. The van der Waals surface area contributed by atoms with E-state index in [2.05, 4.69) is 0 Å². The summed E-state index contributed by atoms with van der Waals surface area (Å²) in [6, 6.07) is 16.4. The zero-order valence-corrected chi connectivity index (χ0v) is 23.5. The number of methoxy groups -OCH3 is 1. The molecule has 0 aliphatic carbocycles. The first kappa shape index (κ1) is 28.9. The number of hydrogen-bond donors (Lipinski definition) is 0. The molecule has 1 heterocycles. The molecule has 202 valence electrons. The van der Waals surface area contributed by atoms with Crippen molar-refractivity contribution in [3.63, 3.8) is 0 Å². The quantitative estimate of drug-likeness (QED) is 0.280. The first-order valence-electron chi connectivity index (χ1n) is 12.6. The Balaban J connectivity index is 1.92. The van der Waals surface area contributed by atoms with Gasteiger partial charge >= 0.3 is 5.97 Å².